The van der Waals surface area contributed by atoms with Gasteiger partial charge in [0.1, 0.15) is 0 Å². The SMILES string of the molecule is Oc1cc2ccccc2nc1Nc1ccccc1. The van der Waals surface area contributed by atoms with E-state index < -0.39 is 0 Å². The van der Waals surface area contributed by atoms with Crippen LogP contribution in [-0.4, -0.2) is 10.1 Å². The normalized spacial score (nSPS) is 10.4. The predicted molar refractivity (Wildman–Crippen MR) is 73.1 cm³/mol. The van der Waals surface area contributed by atoms with Gasteiger partial charge in [0.25, 0.3) is 0 Å². The van der Waals surface area contributed by atoms with Crippen molar-refractivity contribution in [2.24, 2.45) is 0 Å². The molecule has 3 heteroatoms. The number of hydrogen-bond acceptors (Lipinski definition) is 3. The Morgan fingerprint density at radius 2 is 1.61 bits per heavy atom. The summed E-state index contributed by atoms with van der Waals surface area (Å²) in [6.07, 6.45) is 0. The maximum Gasteiger partial charge on any atom is 0.173 e. The van der Waals surface area contributed by atoms with E-state index in [1.807, 2.05) is 54.6 Å². The molecule has 3 aromatic rings. The lowest BCUT2D eigenvalue weighted by atomic mass is 10.2. The van der Waals surface area contributed by atoms with E-state index in [0.717, 1.165) is 16.6 Å². The van der Waals surface area contributed by atoms with Gasteiger partial charge in [-0.1, -0.05) is 36.4 Å². The molecule has 1 heterocycles. The van der Waals surface area contributed by atoms with Gasteiger partial charge < -0.3 is 10.4 Å². The molecule has 0 aliphatic heterocycles. The number of anilines is 2. The monoisotopic (exact) mass is 236 g/mol. The Hall–Kier alpha value is -2.55. The fourth-order valence-corrected chi connectivity index (χ4v) is 1.85. The average molecular weight is 236 g/mol. The van der Waals surface area contributed by atoms with Crippen molar-refractivity contribution in [1.82, 2.24) is 4.98 Å². The zero-order valence-electron chi connectivity index (χ0n) is 9.67. The highest BCUT2D eigenvalue weighted by Gasteiger charge is 2.05. The summed E-state index contributed by atoms with van der Waals surface area (Å²) in [4.78, 5) is 4.41. The Bertz CT molecular complexity index is 680. The zero-order valence-corrected chi connectivity index (χ0v) is 9.67. The fraction of sp³-hybridized carbons (Fsp3) is 0. The minimum absolute atomic E-state index is 0.151. The van der Waals surface area contributed by atoms with Crippen LogP contribution in [0.15, 0.2) is 60.7 Å². The van der Waals surface area contributed by atoms with Crippen LogP contribution in [0.3, 0.4) is 0 Å². The largest absolute Gasteiger partial charge is 0.504 e. The van der Waals surface area contributed by atoms with Gasteiger partial charge in [-0.25, -0.2) is 4.98 Å². The highest BCUT2D eigenvalue weighted by molar-refractivity contribution is 5.83. The summed E-state index contributed by atoms with van der Waals surface area (Å²) in [5.74, 6) is 0.623. The van der Waals surface area contributed by atoms with Crippen molar-refractivity contribution < 1.29 is 5.11 Å². The second kappa shape index (κ2) is 4.37. The lowest BCUT2D eigenvalue weighted by molar-refractivity contribution is 0.476. The number of aromatic hydroxyl groups is 1. The van der Waals surface area contributed by atoms with E-state index in [9.17, 15) is 5.11 Å². The molecule has 3 nitrogen and oxygen atoms in total. The molecular formula is C15H12N2O. The second-order valence-electron chi connectivity index (χ2n) is 4.04. The van der Waals surface area contributed by atoms with Crippen LogP contribution in [-0.2, 0) is 0 Å². The van der Waals surface area contributed by atoms with E-state index in [0.29, 0.717) is 5.82 Å². The van der Waals surface area contributed by atoms with Gasteiger partial charge in [-0.2, -0.15) is 0 Å². The van der Waals surface area contributed by atoms with Gasteiger partial charge in [0.15, 0.2) is 11.6 Å². The average Bonchev–Trinajstić information content (AvgIpc) is 2.41. The molecule has 0 atom stereocenters. The fourth-order valence-electron chi connectivity index (χ4n) is 1.85. The number of pyridine rings is 1. The van der Waals surface area contributed by atoms with Crippen LogP contribution in [0.25, 0.3) is 10.9 Å². The number of benzene rings is 2. The van der Waals surface area contributed by atoms with E-state index in [-0.39, 0.29) is 5.75 Å². The van der Waals surface area contributed by atoms with Gasteiger partial charge in [0, 0.05) is 11.1 Å². The summed E-state index contributed by atoms with van der Waals surface area (Å²) in [7, 11) is 0. The number of nitrogens with one attached hydrogen (secondary N) is 1. The van der Waals surface area contributed by atoms with Crippen molar-refractivity contribution in [3.8, 4) is 5.75 Å². The van der Waals surface area contributed by atoms with Crippen LogP contribution in [0.5, 0.6) is 5.75 Å². The molecule has 0 fully saturated rings. The molecule has 3 rings (SSSR count). The lowest BCUT2D eigenvalue weighted by Crippen LogP contribution is -1.94. The van der Waals surface area contributed by atoms with Crippen LogP contribution in [0.2, 0.25) is 0 Å². The third kappa shape index (κ3) is 1.98. The molecule has 0 radical (unpaired) electrons. The van der Waals surface area contributed by atoms with Crippen LogP contribution >= 0.6 is 0 Å². The van der Waals surface area contributed by atoms with Crippen molar-refractivity contribution in [1.29, 1.82) is 0 Å². The first kappa shape index (κ1) is 10.6. The zero-order chi connectivity index (χ0) is 12.4. The van der Waals surface area contributed by atoms with Crippen LogP contribution in [0.1, 0.15) is 0 Å². The molecule has 0 aliphatic rings. The number of para-hydroxylation sites is 2. The molecular weight excluding hydrogens is 224 g/mol. The Balaban J connectivity index is 2.04. The third-order valence-electron chi connectivity index (χ3n) is 2.74. The van der Waals surface area contributed by atoms with Gasteiger partial charge in [-0.15, -0.1) is 0 Å². The molecule has 1 aromatic heterocycles. The molecule has 88 valence electrons. The van der Waals surface area contributed by atoms with Gasteiger partial charge in [0.2, 0.25) is 0 Å². The summed E-state index contributed by atoms with van der Waals surface area (Å²) in [6, 6.07) is 19.1. The molecule has 0 bridgehead atoms. The van der Waals surface area contributed by atoms with E-state index in [2.05, 4.69) is 10.3 Å². The summed E-state index contributed by atoms with van der Waals surface area (Å²) in [5.41, 5.74) is 1.75. The van der Waals surface area contributed by atoms with E-state index in [1.54, 1.807) is 6.07 Å². The second-order valence-corrected chi connectivity index (χ2v) is 4.04. The highest BCUT2D eigenvalue weighted by Crippen LogP contribution is 2.28. The first-order chi connectivity index (χ1) is 8.83. The molecule has 2 aromatic carbocycles. The van der Waals surface area contributed by atoms with Crippen LogP contribution < -0.4 is 5.32 Å². The highest BCUT2D eigenvalue weighted by atomic mass is 16.3. The Morgan fingerprint density at radius 3 is 2.44 bits per heavy atom. The molecule has 0 amide bonds. The maximum absolute atomic E-state index is 9.94. The molecule has 0 unspecified atom stereocenters. The first-order valence-corrected chi connectivity index (χ1v) is 5.74. The smallest absolute Gasteiger partial charge is 0.173 e. The summed E-state index contributed by atoms with van der Waals surface area (Å²) in [6.45, 7) is 0. The Labute approximate surface area is 105 Å². The Morgan fingerprint density at radius 1 is 0.889 bits per heavy atom. The van der Waals surface area contributed by atoms with E-state index in [4.69, 9.17) is 0 Å². The first-order valence-electron chi connectivity index (χ1n) is 5.74. The van der Waals surface area contributed by atoms with Crippen molar-refractivity contribution in [2.75, 3.05) is 5.32 Å². The molecule has 0 aliphatic carbocycles. The van der Waals surface area contributed by atoms with E-state index in [1.165, 1.54) is 0 Å². The van der Waals surface area contributed by atoms with Gasteiger partial charge in [-0.3, -0.25) is 0 Å². The van der Waals surface area contributed by atoms with Gasteiger partial charge in [0.05, 0.1) is 5.52 Å². The number of fused-ring (bicyclic) bond motifs is 1. The molecule has 2 N–H and O–H groups in total. The molecule has 0 saturated heterocycles. The lowest BCUT2D eigenvalue weighted by Gasteiger charge is -2.08. The standard InChI is InChI=1S/C15H12N2O/c18-14-10-11-6-4-5-9-13(11)17-15(14)16-12-7-2-1-3-8-12/h1-10,18H,(H,16,17). The number of nitrogens with zero attached hydrogens (tertiary/aromatic N) is 1. The molecule has 0 saturated carbocycles. The third-order valence-corrected chi connectivity index (χ3v) is 2.74. The minimum Gasteiger partial charge on any atom is -0.504 e. The van der Waals surface area contributed by atoms with Crippen LogP contribution in [0, 0.1) is 0 Å². The predicted octanol–water partition coefficient (Wildman–Crippen LogP) is 3.68. The number of aromatic nitrogens is 1. The number of hydrogen-bond donors (Lipinski definition) is 2. The van der Waals surface area contributed by atoms with Crippen molar-refractivity contribution in [3.05, 3.63) is 60.7 Å². The van der Waals surface area contributed by atoms with Gasteiger partial charge >= 0.3 is 0 Å². The summed E-state index contributed by atoms with van der Waals surface area (Å²) >= 11 is 0. The topological polar surface area (TPSA) is 45.2 Å². The van der Waals surface area contributed by atoms with Crippen LogP contribution in [0.4, 0.5) is 11.5 Å². The van der Waals surface area contributed by atoms with Gasteiger partial charge in [-0.05, 0) is 24.3 Å². The minimum atomic E-state index is 0.151. The van der Waals surface area contributed by atoms with Crippen molar-refractivity contribution in [2.45, 2.75) is 0 Å². The molecule has 0 spiro atoms. The number of rotatable bonds is 2. The van der Waals surface area contributed by atoms with E-state index >= 15 is 0 Å². The van der Waals surface area contributed by atoms with Crippen molar-refractivity contribution in [3.63, 3.8) is 0 Å². The summed E-state index contributed by atoms with van der Waals surface area (Å²) < 4.78 is 0. The molecule has 18 heavy (non-hydrogen) atoms. The maximum atomic E-state index is 9.94. The Kier molecular flexibility index (Phi) is 2.57. The van der Waals surface area contributed by atoms with Crippen molar-refractivity contribution >= 4 is 22.4 Å². The summed E-state index contributed by atoms with van der Waals surface area (Å²) in [5, 5.41) is 14.0. The quantitative estimate of drug-likeness (QED) is 0.713.